The van der Waals surface area contributed by atoms with E-state index in [-0.39, 0.29) is 17.2 Å². The number of amides is 1. The van der Waals surface area contributed by atoms with Gasteiger partial charge in [0.1, 0.15) is 5.82 Å². The molecule has 0 bridgehead atoms. The highest BCUT2D eigenvalue weighted by atomic mass is 32.2. The summed E-state index contributed by atoms with van der Waals surface area (Å²) in [6, 6.07) is 19.0. The number of nitrogens with zero attached hydrogens (tertiary/aromatic N) is 3. The Labute approximate surface area is 187 Å². The van der Waals surface area contributed by atoms with E-state index in [1.165, 1.54) is 41.3 Å². The van der Waals surface area contributed by atoms with Gasteiger partial charge in [0, 0.05) is 5.92 Å². The molecule has 1 N–H and O–H groups in total. The Hall–Kier alpha value is -2.60. The molecule has 2 atom stereocenters. The number of rotatable bonds is 7. The van der Waals surface area contributed by atoms with Crippen LogP contribution in [0, 0.1) is 0 Å². The second-order valence-electron chi connectivity index (χ2n) is 8.60. The average molecular weight is 433 g/mol. The highest BCUT2D eigenvalue weighted by Crippen LogP contribution is 2.40. The average Bonchev–Trinajstić information content (AvgIpc) is 3.57. The Bertz CT molecular complexity index is 1060. The minimum absolute atomic E-state index is 0.0638. The summed E-state index contributed by atoms with van der Waals surface area (Å²) in [7, 11) is 0. The normalized spacial score (nSPS) is 18.9. The van der Waals surface area contributed by atoms with Gasteiger partial charge in [-0.05, 0) is 55.7 Å². The first-order chi connectivity index (χ1) is 15.2. The van der Waals surface area contributed by atoms with Crippen molar-refractivity contribution in [3.63, 3.8) is 0 Å². The monoisotopic (exact) mass is 432 g/mol. The van der Waals surface area contributed by atoms with Crippen LogP contribution >= 0.6 is 11.8 Å². The Morgan fingerprint density at radius 1 is 1.10 bits per heavy atom. The van der Waals surface area contributed by atoms with Crippen LogP contribution in [0.2, 0.25) is 0 Å². The molecule has 5 nitrogen and oxygen atoms in total. The molecule has 160 valence electrons. The Morgan fingerprint density at radius 3 is 2.68 bits per heavy atom. The van der Waals surface area contributed by atoms with Crippen molar-refractivity contribution in [1.29, 1.82) is 0 Å². The second kappa shape index (κ2) is 8.87. The summed E-state index contributed by atoms with van der Waals surface area (Å²) in [4.78, 5) is 13.1. The SMILES string of the molecule is C[C@H](Sc1nnc(C2CC2)n1Cc1ccccc1)C(=O)N[C@H]1CCCc2ccccc21. The molecule has 0 radical (unpaired) electrons. The smallest absolute Gasteiger partial charge is 0.233 e. The minimum Gasteiger partial charge on any atom is -0.348 e. The third-order valence-electron chi connectivity index (χ3n) is 6.21. The maximum Gasteiger partial charge on any atom is 0.233 e. The van der Waals surface area contributed by atoms with Crippen LogP contribution in [-0.2, 0) is 17.8 Å². The van der Waals surface area contributed by atoms with E-state index in [4.69, 9.17) is 0 Å². The fourth-order valence-corrected chi connectivity index (χ4v) is 5.21. The number of fused-ring (bicyclic) bond motifs is 1. The molecule has 2 aliphatic rings. The molecule has 0 saturated heterocycles. The number of aryl methyl sites for hydroxylation is 1. The third-order valence-corrected chi connectivity index (χ3v) is 7.29. The van der Waals surface area contributed by atoms with Gasteiger partial charge in [-0.3, -0.25) is 4.79 Å². The van der Waals surface area contributed by atoms with Gasteiger partial charge in [-0.25, -0.2) is 0 Å². The maximum absolute atomic E-state index is 13.1. The summed E-state index contributed by atoms with van der Waals surface area (Å²) in [5, 5.41) is 12.9. The zero-order chi connectivity index (χ0) is 21.2. The van der Waals surface area contributed by atoms with Crippen LogP contribution in [0.4, 0.5) is 0 Å². The predicted octanol–water partition coefficient (Wildman–Crippen LogP) is 4.88. The number of thioether (sulfide) groups is 1. The fraction of sp³-hybridized carbons (Fsp3) is 0.400. The number of nitrogens with one attached hydrogen (secondary N) is 1. The number of carbonyl (C=O) groups excluding carboxylic acids is 1. The molecule has 0 unspecified atom stereocenters. The van der Waals surface area contributed by atoms with Crippen molar-refractivity contribution in [1.82, 2.24) is 20.1 Å². The summed E-state index contributed by atoms with van der Waals surface area (Å²) in [6.07, 6.45) is 5.55. The predicted molar refractivity (Wildman–Crippen MR) is 123 cm³/mol. The molecule has 3 aromatic rings. The molecule has 0 aliphatic heterocycles. The van der Waals surface area contributed by atoms with Crippen LogP contribution in [0.3, 0.4) is 0 Å². The zero-order valence-corrected chi connectivity index (χ0v) is 18.6. The molecule has 1 aromatic heterocycles. The lowest BCUT2D eigenvalue weighted by Gasteiger charge is -2.27. The summed E-state index contributed by atoms with van der Waals surface area (Å²) in [6.45, 7) is 2.71. The van der Waals surface area contributed by atoms with Crippen molar-refractivity contribution in [3.05, 3.63) is 77.1 Å². The van der Waals surface area contributed by atoms with Crippen LogP contribution in [0.5, 0.6) is 0 Å². The zero-order valence-electron chi connectivity index (χ0n) is 17.8. The molecule has 5 rings (SSSR count). The summed E-state index contributed by atoms with van der Waals surface area (Å²) < 4.78 is 2.21. The summed E-state index contributed by atoms with van der Waals surface area (Å²) >= 11 is 1.51. The highest BCUT2D eigenvalue weighted by Gasteiger charge is 2.32. The highest BCUT2D eigenvalue weighted by molar-refractivity contribution is 8.00. The largest absolute Gasteiger partial charge is 0.348 e. The van der Waals surface area contributed by atoms with E-state index in [0.717, 1.165) is 36.8 Å². The number of benzene rings is 2. The van der Waals surface area contributed by atoms with Crippen LogP contribution in [-0.4, -0.2) is 25.9 Å². The van der Waals surface area contributed by atoms with Gasteiger partial charge < -0.3 is 9.88 Å². The van der Waals surface area contributed by atoms with Gasteiger partial charge in [0.15, 0.2) is 5.16 Å². The van der Waals surface area contributed by atoms with Crippen molar-refractivity contribution < 1.29 is 4.79 Å². The van der Waals surface area contributed by atoms with Crippen LogP contribution in [0.25, 0.3) is 0 Å². The van der Waals surface area contributed by atoms with Gasteiger partial charge >= 0.3 is 0 Å². The number of hydrogen-bond acceptors (Lipinski definition) is 4. The molecule has 2 aliphatic carbocycles. The fourth-order valence-electron chi connectivity index (χ4n) is 4.35. The molecule has 31 heavy (non-hydrogen) atoms. The minimum atomic E-state index is -0.236. The summed E-state index contributed by atoms with van der Waals surface area (Å²) in [5.74, 6) is 1.63. The lowest BCUT2D eigenvalue weighted by molar-refractivity contribution is -0.121. The molecule has 6 heteroatoms. The van der Waals surface area contributed by atoms with Gasteiger partial charge in [0.05, 0.1) is 17.8 Å². The number of aromatic nitrogens is 3. The van der Waals surface area contributed by atoms with Gasteiger partial charge in [-0.15, -0.1) is 10.2 Å². The van der Waals surface area contributed by atoms with Gasteiger partial charge in [0.2, 0.25) is 5.91 Å². The van der Waals surface area contributed by atoms with Crippen LogP contribution in [0.1, 0.15) is 67.1 Å². The first-order valence-electron chi connectivity index (χ1n) is 11.2. The van der Waals surface area contributed by atoms with Crippen molar-refractivity contribution >= 4 is 17.7 Å². The van der Waals surface area contributed by atoms with Gasteiger partial charge in [-0.1, -0.05) is 66.4 Å². The van der Waals surface area contributed by atoms with Crippen LogP contribution < -0.4 is 5.32 Å². The van der Waals surface area contributed by atoms with Crippen molar-refractivity contribution in [3.8, 4) is 0 Å². The Balaban J connectivity index is 1.30. The van der Waals surface area contributed by atoms with E-state index in [1.54, 1.807) is 0 Å². The Kier molecular flexibility index (Phi) is 5.81. The first-order valence-corrected chi connectivity index (χ1v) is 12.1. The maximum atomic E-state index is 13.1. The molecule has 0 spiro atoms. The quantitative estimate of drug-likeness (QED) is 0.541. The third kappa shape index (κ3) is 4.54. The molecule has 1 amide bonds. The summed E-state index contributed by atoms with van der Waals surface area (Å²) in [5.41, 5.74) is 3.85. The van der Waals surface area contributed by atoms with Crippen molar-refractivity contribution in [2.24, 2.45) is 0 Å². The van der Waals surface area contributed by atoms with E-state index in [0.29, 0.717) is 5.92 Å². The Morgan fingerprint density at radius 2 is 1.87 bits per heavy atom. The van der Waals surface area contributed by atoms with Gasteiger partial charge in [0.25, 0.3) is 0 Å². The molecule has 2 aromatic carbocycles. The number of carbonyl (C=O) groups is 1. The second-order valence-corrected chi connectivity index (χ2v) is 9.91. The lowest BCUT2D eigenvalue weighted by Crippen LogP contribution is -2.36. The van der Waals surface area contributed by atoms with E-state index in [9.17, 15) is 4.79 Å². The lowest BCUT2D eigenvalue weighted by atomic mass is 9.88. The van der Waals surface area contributed by atoms with Crippen molar-refractivity contribution in [2.45, 2.75) is 67.9 Å². The number of hydrogen-bond donors (Lipinski definition) is 1. The van der Waals surface area contributed by atoms with Gasteiger partial charge in [-0.2, -0.15) is 0 Å². The molecular formula is C25H28N4OS. The first kappa shape index (κ1) is 20.3. The standard InChI is InChI=1S/C25H28N4OS/c1-17(24(30)26-22-13-7-11-19-10-5-6-12-21(19)22)31-25-28-27-23(20-14-15-20)29(25)16-18-8-3-2-4-9-18/h2-6,8-10,12,17,20,22H,7,11,13-16H2,1H3,(H,26,30)/t17-,22-/m0/s1. The van der Waals surface area contributed by atoms with Crippen LogP contribution in [0.15, 0.2) is 59.8 Å². The molecule has 1 fully saturated rings. The topological polar surface area (TPSA) is 59.8 Å². The molecule has 1 heterocycles. The molecule has 1 saturated carbocycles. The van der Waals surface area contributed by atoms with E-state index >= 15 is 0 Å². The van der Waals surface area contributed by atoms with E-state index < -0.39 is 0 Å². The molecular weight excluding hydrogens is 404 g/mol. The van der Waals surface area contributed by atoms with E-state index in [1.807, 2.05) is 13.0 Å². The van der Waals surface area contributed by atoms with Crippen molar-refractivity contribution in [2.75, 3.05) is 0 Å². The van der Waals surface area contributed by atoms with E-state index in [2.05, 4.69) is 68.6 Å².